The van der Waals surface area contributed by atoms with Crippen LogP contribution in [0.25, 0.3) is 21.1 Å². The summed E-state index contributed by atoms with van der Waals surface area (Å²) in [6.07, 6.45) is 5.50. The Balaban J connectivity index is 1.44. The fourth-order valence-electron chi connectivity index (χ4n) is 4.69. The largest absolute Gasteiger partial charge is 0.494 e. The molecule has 1 aromatic carbocycles. The lowest BCUT2D eigenvalue weighted by Crippen LogP contribution is -2.41. The molecule has 3 aromatic heterocycles. The van der Waals surface area contributed by atoms with Gasteiger partial charge in [0.2, 0.25) is 5.91 Å². The van der Waals surface area contributed by atoms with Gasteiger partial charge in [0.05, 0.1) is 43.1 Å². The third-order valence-corrected chi connectivity index (χ3v) is 7.62. The summed E-state index contributed by atoms with van der Waals surface area (Å²) in [5.41, 5.74) is 2.89. The van der Waals surface area contributed by atoms with Gasteiger partial charge >= 0.3 is 0 Å². The molecule has 1 atom stereocenters. The highest BCUT2D eigenvalue weighted by atomic mass is 32.1. The topological polar surface area (TPSA) is 125 Å². The van der Waals surface area contributed by atoms with Crippen LogP contribution in [0.4, 0.5) is 11.5 Å². The van der Waals surface area contributed by atoms with Crippen molar-refractivity contribution in [1.82, 2.24) is 25.1 Å². The molecular weight excluding hydrogens is 468 g/mol. The number of methoxy groups -OCH3 is 2. The molecule has 3 N–H and O–H groups in total. The lowest BCUT2D eigenvalue weighted by molar-refractivity contribution is -0.137. The van der Waals surface area contributed by atoms with Crippen molar-refractivity contribution in [3.8, 4) is 5.75 Å². The smallest absolute Gasteiger partial charge is 0.226 e. The van der Waals surface area contributed by atoms with Crippen LogP contribution in [0.3, 0.4) is 0 Å². The number of ether oxygens (including phenoxy) is 2. The second-order valence-electron chi connectivity index (χ2n) is 8.52. The van der Waals surface area contributed by atoms with Gasteiger partial charge in [-0.05, 0) is 30.9 Å². The Morgan fingerprint density at radius 1 is 1.31 bits per heavy atom. The van der Waals surface area contributed by atoms with E-state index in [1.807, 2.05) is 12.1 Å². The number of aromatic amines is 1. The zero-order chi connectivity index (χ0) is 24.4. The molecule has 10 nitrogen and oxygen atoms in total. The van der Waals surface area contributed by atoms with Gasteiger partial charge in [0, 0.05) is 42.4 Å². The van der Waals surface area contributed by atoms with Crippen LogP contribution in [0.15, 0.2) is 24.7 Å². The number of amides is 1. The zero-order valence-electron chi connectivity index (χ0n) is 19.7. The molecule has 184 valence electrons. The average Bonchev–Trinajstić information content (AvgIpc) is 3.49. The first kappa shape index (κ1) is 23.5. The highest BCUT2D eigenvalue weighted by molar-refractivity contribution is 7.19. The number of aliphatic hydroxyl groups excluding tert-OH is 1. The summed E-state index contributed by atoms with van der Waals surface area (Å²) in [6.45, 7) is 1.19. The first-order valence-corrected chi connectivity index (χ1v) is 12.4. The van der Waals surface area contributed by atoms with Crippen LogP contribution >= 0.6 is 11.3 Å². The number of hydrogen-bond donors (Lipinski definition) is 3. The van der Waals surface area contributed by atoms with E-state index >= 15 is 0 Å². The van der Waals surface area contributed by atoms with Crippen LogP contribution in [-0.2, 0) is 22.4 Å². The number of aromatic nitrogens is 4. The third-order valence-electron chi connectivity index (χ3n) is 6.45. The number of anilines is 2. The SMILES string of the molecule is COCCN(CCO)C(=O)C1CCc2c(sc3ncnc(Nc4cc5cn[nH]c5cc4OC)c23)C1. The summed E-state index contributed by atoms with van der Waals surface area (Å²) >= 11 is 1.62. The number of H-pyrrole nitrogens is 1. The van der Waals surface area contributed by atoms with Crippen LogP contribution in [-0.4, -0.2) is 76.6 Å². The molecule has 1 aliphatic carbocycles. The van der Waals surface area contributed by atoms with Gasteiger partial charge in [-0.1, -0.05) is 0 Å². The van der Waals surface area contributed by atoms with Gasteiger partial charge in [-0.2, -0.15) is 5.10 Å². The van der Waals surface area contributed by atoms with E-state index in [0.717, 1.165) is 45.5 Å². The van der Waals surface area contributed by atoms with E-state index in [4.69, 9.17) is 9.47 Å². The molecule has 1 aliphatic rings. The van der Waals surface area contributed by atoms with Crippen molar-refractivity contribution in [2.45, 2.75) is 19.3 Å². The molecule has 0 saturated heterocycles. The van der Waals surface area contributed by atoms with Crippen LogP contribution < -0.4 is 10.1 Å². The lowest BCUT2D eigenvalue weighted by Gasteiger charge is -2.29. The first-order chi connectivity index (χ1) is 17.1. The number of hydrogen-bond acceptors (Lipinski definition) is 9. The van der Waals surface area contributed by atoms with E-state index < -0.39 is 0 Å². The molecule has 35 heavy (non-hydrogen) atoms. The molecule has 4 aromatic rings. The Morgan fingerprint density at radius 2 is 2.20 bits per heavy atom. The third kappa shape index (κ3) is 4.54. The number of thiophene rings is 1. The quantitative estimate of drug-likeness (QED) is 0.323. The average molecular weight is 497 g/mol. The Bertz CT molecular complexity index is 1350. The van der Waals surface area contributed by atoms with Crippen molar-refractivity contribution >= 4 is 49.9 Å². The number of benzene rings is 1. The number of nitrogens with one attached hydrogen (secondary N) is 2. The van der Waals surface area contributed by atoms with E-state index in [-0.39, 0.29) is 18.4 Å². The lowest BCUT2D eigenvalue weighted by atomic mass is 9.87. The van der Waals surface area contributed by atoms with Gasteiger partial charge in [-0.15, -0.1) is 11.3 Å². The number of aryl methyl sites for hydroxylation is 1. The fraction of sp³-hybridized carbons (Fsp3) is 0.417. The van der Waals surface area contributed by atoms with E-state index in [0.29, 0.717) is 31.9 Å². The molecular formula is C24H28N6O4S. The Hall–Kier alpha value is -3.28. The number of aliphatic hydroxyl groups is 1. The summed E-state index contributed by atoms with van der Waals surface area (Å²) < 4.78 is 10.7. The van der Waals surface area contributed by atoms with Crippen molar-refractivity contribution < 1.29 is 19.4 Å². The Labute approximate surface area is 206 Å². The van der Waals surface area contributed by atoms with E-state index in [9.17, 15) is 9.90 Å². The second-order valence-corrected chi connectivity index (χ2v) is 9.61. The summed E-state index contributed by atoms with van der Waals surface area (Å²) in [7, 11) is 3.25. The maximum absolute atomic E-state index is 13.2. The molecule has 1 unspecified atom stereocenters. The molecule has 11 heteroatoms. The molecule has 1 amide bonds. The number of nitrogens with zero attached hydrogens (tertiary/aromatic N) is 4. The van der Waals surface area contributed by atoms with Crippen LogP contribution in [0.2, 0.25) is 0 Å². The summed E-state index contributed by atoms with van der Waals surface area (Å²) in [5, 5.41) is 21.9. The van der Waals surface area contributed by atoms with Crippen LogP contribution in [0, 0.1) is 5.92 Å². The molecule has 0 aliphatic heterocycles. The number of fused-ring (bicyclic) bond motifs is 4. The van der Waals surface area contributed by atoms with Crippen molar-refractivity contribution in [2.24, 2.45) is 5.92 Å². The van der Waals surface area contributed by atoms with Gasteiger partial charge in [0.15, 0.2) is 0 Å². The molecule has 0 spiro atoms. The van der Waals surface area contributed by atoms with Gasteiger partial charge in [-0.25, -0.2) is 9.97 Å². The number of carbonyl (C=O) groups excluding carboxylic acids is 1. The number of rotatable bonds is 9. The van der Waals surface area contributed by atoms with Gasteiger partial charge < -0.3 is 24.8 Å². The van der Waals surface area contributed by atoms with E-state index in [2.05, 4.69) is 25.5 Å². The second kappa shape index (κ2) is 10.1. The maximum Gasteiger partial charge on any atom is 0.226 e. The fourth-order valence-corrected chi connectivity index (χ4v) is 5.96. The van der Waals surface area contributed by atoms with Crippen molar-refractivity contribution in [1.29, 1.82) is 0 Å². The molecule has 0 saturated carbocycles. The predicted molar refractivity (Wildman–Crippen MR) is 134 cm³/mol. The van der Waals surface area contributed by atoms with Crippen molar-refractivity contribution in [2.75, 3.05) is 45.8 Å². The van der Waals surface area contributed by atoms with Crippen molar-refractivity contribution in [3.05, 3.63) is 35.1 Å². The normalized spacial score (nSPS) is 15.3. The predicted octanol–water partition coefficient (Wildman–Crippen LogP) is 2.89. The highest BCUT2D eigenvalue weighted by Crippen LogP contribution is 2.42. The summed E-state index contributed by atoms with van der Waals surface area (Å²) in [4.78, 5) is 26.0. The molecule has 0 radical (unpaired) electrons. The first-order valence-electron chi connectivity index (χ1n) is 11.5. The van der Waals surface area contributed by atoms with Crippen molar-refractivity contribution in [3.63, 3.8) is 0 Å². The molecule has 0 bridgehead atoms. The summed E-state index contributed by atoms with van der Waals surface area (Å²) in [6, 6.07) is 3.89. The van der Waals surface area contributed by atoms with Gasteiger partial charge in [0.25, 0.3) is 0 Å². The van der Waals surface area contributed by atoms with Crippen LogP contribution in [0.5, 0.6) is 5.75 Å². The molecule has 3 heterocycles. The van der Waals surface area contributed by atoms with Crippen LogP contribution in [0.1, 0.15) is 16.9 Å². The van der Waals surface area contributed by atoms with E-state index in [1.54, 1.807) is 43.0 Å². The minimum absolute atomic E-state index is 0.0605. The minimum atomic E-state index is -0.119. The minimum Gasteiger partial charge on any atom is -0.494 e. The standard InChI is InChI=1S/C24H28N6O4S/c1-33-8-6-30(5-7-31)24(32)14-3-4-16-20(10-14)35-23-21(16)22(25-13-26-23)28-18-9-15-12-27-29-17(15)11-19(18)34-2/h9,11-14,31H,3-8,10H2,1-2H3,(H,27,29)(H,25,26,28). The number of carbonyl (C=O) groups is 1. The molecule has 0 fully saturated rings. The van der Waals surface area contributed by atoms with Gasteiger partial charge in [0.1, 0.15) is 22.7 Å². The summed E-state index contributed by atoms with van der Waals surface area (Å²) in [5.74, 6) is 1.36. The van der Waals surface area contributed by atoms with E-state index in [1.165, 1.54) is 10.4 Å². The highest BCUT2D eigenvalue weighted by Gasteiger charge is 2.31. The monoisotopic (exact) mass is 496 g/mol. The van der Waals surface area contributed by atoms with Gasteiger partial charge in [-0.3, -0.25) is 9.89 Å². The zero-order valence-corrected chi connectivity index (χ0v) is 20.5. The Morgan fingerprint density at radius 3 is 3.00 bits per heavy atom. The Kier molecular flexibility index (Phi) is 6.80. The maximum atomic E-state index is 13.2. The molecule has 5 rings (SSSR count).